The number of nitrogen functional groups attached to an aromatic ring is 1. The number of nitrogens with two attached hydrogens (primary N) is 1. The van der Waals surface area contributed by atoms with Crippen LogP contribution in [0.2, 0.25) is 0 Å². The van der Waals surface area contributed by atoms with E-state index in [4.69, 9.17) is 5.73 Å². The SMILES string of the molecule is Cc1cnc(N)c2c(C(C)(C)C)nc(C)n12. The Bertz CT molecular complexity index is 546. The van der Waals surface area contributed by atoms with Crippen LogP contribution in [0.25, 0.3) is 5.52 Å². The number of aromatic nitrogens is 3. The molecule has 2 aromatic heterocycles. The molecule has 16 heavy (non-hydrogen) atoms. The summed E-state index contributed by atoms with van der Waals surface area (Å²) in [6.07, 6.45) is 1.78. The minimum Gasteiger partial charge on any atom is -0.382 e. The van der Waals surface area contributed by atoms with Crippen molar-refractivity contribution in [3.05, 3.63) is 23.4 Å². The third-order valence-corrected chi connectivity index (χ3v) is 2.74. The normalized spacial score (nSPS) is 12.3. The van der Waals surface area contributed by atoms with E-state index in [9.17, 15) is 0 Å². The highest BCUT2D eigenvalue weighted by Gasteiger charge is 2.23. The Morgan fingerprint density at radius 1 is 1.25 bits per heavy atom. The van der Waals surface area contributed by atoms with Gasteiger partial charge in [0.15, 0.2) is 0 Å². The Morgan fingerprint density at radius 2 is 1.88 bits per heavy atom. The van der Waals surface area contributed by atoms with Gasteiger partial charge in [-0.2, -0.15) is 0 Å². The number of rotatable bonds is 0. The first-order chi connectivity index (χ1) is 7.32. The quantitative estimate of drug-likeness (QED) is 0.737. The Balaban J connectivity index is 2.94. The molecule has 4 nitrogen and oxygen atoms in total. The number of hydrogen-bond acceptors (Lipinski definition) is 3. The first-order valence-electron chi connectivity index (χ1n) is 5.43. The minimum absolute atomic E-state index is 0.0247. The first kappa shape index (κ1) is 10.9. The highest BCUT2D eigenvalue weighted by molar-refractivity contribution is 5.71. The summed E-state index contributed by atoms with van der Waals surface area (Å²) in [5, 5.41) is 0. The fraction of sp³-hybridized carbons (Fsp3) is 0.500. The van der Waals surface area contributed by atoms with Crippen molar-refractivity contribution >= 4 is 11.3 Å². The average molecular weight is 218 g/mol. The lowest BCUT2D eigenvalue weighted by Crippen LogP contribution is -2.13. The molecule has 0 radical (unpaired) electrons. The molecule has 0 saturated carbocycles. The van der Waals surface area contributed by atoms with Crippen LogP contribution in [0.15, 0.2) is 6.20 Å². The van der Waals surface area contributed by atoms with Gasteiger partial charge in [0.2, 0.25) is 0 Å². The van der Waals surface area contributed by atoms with Crippen molar-refractivity contribution in [3.63, 3.8) is 0 Å². The molecule has 0 bridgehead atoms. The molecule has 0 aliphatic carbocycles. The molecular weight excluding hydrogens is 200 g/mol. The van der Waals surface area contributed by atoms with Gasteiger partial charge in [-0.05, 0) is 13.8 Å². The summed E-state index contributed by atoms with van der Waals surface area (Å²) in [4.78, 5) is 8.84. The van der Waals surface area contributed by atoms with Crippen LogP contribution in [0.1, 0.15) is 38.0 Å². The maximum absolute atomic E-state index is 5.96. The fourth-order valence-corrected chi connectivity index (χ4v) is 2.00. The van der Waals surface area contributed by atoms with Gasteiger partial charge in [-0.1, -0.05) is 20.8 Å². The van der Waals surface area contributed by atoms with Crippen molar-refractivity contribution in [1.82, 2.24) is 14.4 Å². The third kappa shape index (κ3) is 1.45. The number of anilines is 1. The summed E-state index contributed by atoms with van der Waals surface area (Å²) in [6.45, 7) is 10.4. The van der Waals surface area contributed by atoms with Crippen molar-refractivity contribution in [3.8, 4) is 0 Å². The van der Waals surface area contributed by atoms with Gasteiger partial charge in [0.05, 0.1) is 5.69 Å². The molecule has 0 fully saturated rings. The second-order valence-corrected chi connectivity index (χ2v) is 5.23. The summed E-state index contributed by atoms with van der Waals surface area (Å²) >= 11 is 0. The zero-order valence-electron chi connectivity index (χ0n) is 10.5. The molecule has 2 aromatic rings. The largest absolute Gasteiger partial charge is 0.382 e. The standard InChI is InChI=1S/C12H18N4/c1-7-6-14-11(13)9-10(12(3,4)5)15-8(2)16(7)9/h6H,1-5H3,(H2,13,14). The second kappa shape index (κ2) is 3.20. The van der Waals surface area contributed by atoms with Crippen molar-refractivity contribution < 1.29 is 0 Å². The van der Waals surface area contributed by atoms with Crippen LogP contribution < -0.4 is 5.73 Å². The number of fused-ring (bicyclic) bond motifs is 1. The van der Waals surface area contributed by atoms with Gasteiger partial charge in [0.25, 0.3) is 0 Å². The van der Waals surface area contributed by atoms with Gasteiger partial charge in [0.1, 0.15) is 17.2 Å². The third-order valence-electron chi connectivity index (χ3n) is 2.74. The van der Waals surface area contributed by atoms with Crippen molar-refractivity contribution in [1.29, 1.82) is 0 Å². The molecule has 0 aromatic carbocycles. The van der Waals surface area contributed by atoms with E-state index in [0.29, 0.717) is 5.82 Å². The number of nitrogens with zero attached hydrogens (tertiary/aromatic N) is 3. The fourth-order valence-electron chi connectivity index (χ4n) is 2.00. The van der Waals surface area contributed by atoms with Crippen LogP contribution in [0.5, 0.6) is 0 Å². The van der Waals surface area contributed by atoms with E-state index in [1.54, 1.807) is 6.20 Å². The summed E-state index contributed by atoms with van der Waals surface area (Å²) in [5.41, 5.74) is 8.96. The maximum atomic E-state index is 5.96. The number of hydrogen-bond donors (Lipinski definition) is 1. The van der Waals surface area contributed by atoms with Crippen molar-refractivity contribution in [2.24, 2.45) is 0 Å². The van der Waals surface area contributed by atoms with Gasteiger partial charge >= 0.3 is 0 Å². The Hall–Kier alpha value is -1.58. The minimum atomic E-state index is -0.0247. The average Bonchev–Trinajstić information content (AvgIpc) is 2.51. The van der Waals surface area contributed by atoms with E-state index in [-0.39, 0.29) is 5.41 Å². The number of aryl methyl sites for hydroxylation is 2. The molecule has 2 N–H and O–H groups in total. The molecule has 4 heteroatoms. The van der Waals surface area contributed by atoms with E-state index >= 15 is 0 Å². The molecule has 0 aliphatic heterocycles. The van der Waals surface area contributed by atoms with Crippen LogP contribution in [-0.4, -0.2) is 14.4 Å². The molecular formula is C12H18N4. The Kier molecular flexibility index (Phi) is 2.19. The first-order valence-corrected chi connectivity index (χ1v) is 5.43. The summed E-state index contributed by atoms with van der Waals surface area (Å²) in [5.74, 6) is 1.52. The molecule has 0 amide bonds. The Labute approximate surface area is 95.5 Å². The second-order valence-electron chi connectivity index (χ2n) is 5.23. The van der Waals surface area contributed by atoms with Crippen LogP contribution in [0, 0.1) is 13.8 Å². The molecule has 0 saturated heterocycles. The highest BCUT2D eigenvalue weighted by Crippen LogP contribution is 2.29. The molecule has 0 atom stereocenters. The molecule has 2 rings (SSSR count). The molecule has 0 unspecified atom stereocenters. The monoisotopic (exact) mass is 218 g/mol. The molecule has 0 spiro atoms. The smallest absolute Gasteiger partial charge is 0.149 e. The zero-order chi connectivity index (χ0) is 12.1. The van der Waals surface area contributed by atoms with E-state index < -0.39 is 0 Å². The van der Waals surface area contributed by atoms with E-state index in [1.807, 2.05) is 13.8 Å². The molecule has 0 aliphatic rings. The summed E-state index contributed by atoms with van der Waals surface area (Å²) in [7, 11) is 0. The van der Waals surface area contributed by atoms with Gasteiger partial charge < -0.3 is 5.73 Å². The van der Waals surface area contributed by atoms with Gasteiger partial charge in [-0.25, -0.2) is 9.97 Å². The van der Waals surface area contributed by atoms with Crippen molar-refractivity contribution in [2.45, 2.75) is 40.0 Å². The lowest BCUT2D eigenvalue weighted by atomic mass is 9.91. The van der Waals surface area contributed by atoms with Crippen LogP contribution in [0.4, 0.5) is 5.82 Å². The highest BCUT2D eigenvalue weighted by atomic mass is 15.1. The summed E-state index contributed by atoms with van der Waals surface area (Å²) in [6, 6.07) is 0. The predicted molar refractivity (Wildman–Crippen MR) is 65.6 cm³/mol. The zero-order valence-corrected chi connectivity index (χ0v) is 10.5. The van der Waals surface area contributed by atoms with E-state index in [2.05, 4.69) is 35.1 Å². The summed E-state index contributed by atoms with van der Waals surface area (Å²) < 4.78 is 2.07. The molecule has 86 valence electrons. The van der Waals surface area contributed by atoms with E-state index in [0.717, 1.165) is 22.7 Å². The predicted octanol–water partition coefficient (Wildman–Crippen LogP) is 2.23. The van der Waals surface area contributed by atoms with Crippen LogP contribution >= 0.6 is 0 Å². The van der Waals surface area contributed by atoms with Crippen LogP contribution in [-0.2, 0) is 5.41 Å². The van der Waals surface area contributed by atoms with Gasteiger partial charge in [-0.15, -0.1) is 0 Å². The van der Waals surface area contributed by atoms with Crippen LogP contribution in [0.3, 0.4) is 0 Å². The van der Waals surface area contributed by atoms with E-state index in [1.165, 1.54) is 0 Å². The van der Waals surface area contributed by atoms with Gasteiger partial charge in [0, 0.05) is 17.3 Å². The maximum Gasteiger partial charge on any atom is 0.149 e. The van der Waals surface area contributed by atoms with Gasteiger partial charge in [-0.3, -0.25) is 4.40 Å². The molecule has 2 heterocycles. The topological polar surface area (TPSA) is 56.2 Å². The lowest BCUT2D eigenvalue weighted by Gasteiger charge is -2.16. The Morgan fingerprint density at radius 3 is 2.44 bits per heavy atom. The lowest BCUT2D eigenvalue weighted by molar-refractivity contribution is 0.577. The number of imidazole rings is 1. The van der Waals surface area contributed by atoms with Crippen molar-refractivity contribution in [2.75, 3.05) is 5.73 Å².